The van der Waals surface area contributed by atoms with E-state index in [-0.39, 0.29) is 23.0 Å². The fourth-order valence-corrected chi connectivity index (χ4v) is 1.84. The second-order valence-electron chi connectivity index (χ2n) is 3.80. The molecule has 0 fully saturated rings. The van der Waals surface area contributed by atoms with E-state index in [1.807, 2.05) is 6.07 Å². The van der Waals surface area contributed by atoms with Gasteiger partial charge in [-0.05, 0) is 23.8 Å². The number of pyridine rings is 1. The molecule has 4 nitrogen and oxygen atoms in total. The second kappa shape index (κ2) is 5.91. The zero-order valence-corrected chi connectivity index (χ0v) is 11.3. The molecule has 1 aromatic carbocycles. The van der Waals surface area contributed by atoms with E-state index in [4.69, 9.17) is 33.7 Å². The van der Waals surface area contributed by atoms with Crippen LogP contribution in [0.3, 0.4) is 0 Å². The summed E-state index contributed by atoms with van der Waals surface area (Å²) < 4.78 is 5.14. The Morgan fingerprint density at radius 3 is 2.84 bits per heavy atom. The molecule has 6 heteroatoms. The Morgan fingerprint density at radius 2 is 2.11 bits per heavy atom. The van der Waals surface area contributed by atoms with Gasteiger partial charge in [-0.3, -0.25) is 0 Å². The third kappa shape index (κ3) is 3.59. The van der Waals surface area contributed by atoms with Crippen LogP contribution in [0.5, 0.6) is 0 Å². The van der Waals surface area contributed by atoms with Crippen LogP contribution in [0.25, 0.3) is 0 Å². The van der Waals surface area contributed by atoms with Gasteiger partial charge in [0.05, 0.1) is 17.4 Å². The number of nitrogens with zero attached hydrogens (tertiary/aromatic N) is 1. The Kier molecular flexibility index (Phi) is 4.24. The highest BCUT2D eigenvalue weighted by Crippen LogP contribution is 2.17. The van der Waals surface area contributed by atoms with Crippen molar-refractivity contribution in [2.24, 2.45) is 0 Å². The van der Waals surface area contributed by atoms with Crippen LogP contribution in [-0.2, 0) is 11.3 Å². The van der Waals surface area contributed by atoms with Gasteiger partial charge >= 0.3 is 5.97 Å². The van der Waals surface area contributed by atoms with Crippen molar-refractivity contribution in [2.75, 3.05) is 5.73 Å². The van der Waals surface area contributed by atoms with Gasteiger partial charge in [-0.15, -0.1) is 0 Å². The summed E-state index contributed by atoms with van der Waals surface area (Å²) in [5, 5.41) is 0.768. The number of ether oxygens (including phenoxy) is 1. The molecule has 0 radical (unpaired) electrons. The van der Waals surface area contributed by atoms with Crippen molar-refractivity contribution in [2.45, 2.75) is 6.61 Å². The third-order valence-corrected chi connectivity index (χ3v) is 2.82. The molecule has 0 saturated heterocycles. The molecule has 0 amide bonds. The normalized spacial score (nSPS) is 10.2. The summed E-state index contributed by atoms with van der Waals surface area (Å²) in [6.07, 6.45) is 1.32. The van der Waals surface area contributed by atoms with Crippen molar-refractivity contribution in [1.82, 2.24) is 4.98 Å². The van der Waals surface area contributed by atoms with Crippen LogP contribution in [0.4, 0.5) is 5.69 Å². The van der Waals surface area contributed by atoms with Crippen LogP contribution in [0.1, 0.15) is 15.9 Å². The van der Waals surface area contributed by atoms with Crippen molar-refractivity contribution in [1.29, 1.82) is 0 Å². The molecule has 0 bridgehead atoms. The van der Waals surface area contributed by atoms with Crippen LogP contribution < -0.4 is 5.73 Å². The van der Waals surface area contributed by atoms with Gasteiger partial charge in [0.15, 0.2) is 0 Å². The fraction of sp³-hybridized carbons (Fsp3) is 0.0769. The van der Waals surface area contributed by atoms with E-state index in [0.717, 1.165) is 5.56 Å². The minimum atomic E-state index is -0.554. The number of anilines is 1. The molecule has 0 spiro atoms. The lowest BCUT2D eigenvalue weighted by molar-refractivity contribution is 0.0474. The summed E-state index contributed by atoms with van der Waals surface area (Å²) in [7, 11) is 0. The number of aromatic nitrogens is 1. The van der Waals surface area contributed by atoms with Crippen molar-refractivity contribution in [3.8, 4) is 0 Å². The first-order chi connectivity index (χ1) is 9.06. The highest BCUT2D eigenvalue weighted by Gasteiger charge is 2.12. The average molecular weight is 297 g/mol. The maximum Gasteiger partial charge on any atom is 0.340 e. The number of hydrogen-bond donors (Lipinski definition) is 1. The SMILES string of the molecule is Nc1cnc(Cl)cc1C(=O)OCc1cccc(Cl)c1. The zero-order chi connectivity index (χ0) is 13.8. The number of benzene rings is 1. The van der Waals surface area contributed by atoms with Crippen LogP contribution in [-0.4, -0.2) is 11.0 Å². The fourth-order valence-electron chi connectivity index (χ4n) is 1.47. The highest BCUT2D eigenvalue weighted by molar-refractivity contribution is 6.30. The number of rotatable bonds is 3. The van der Waals surface area contributed by atoms with Gasteiger partial charge in [-0.2, -0.15) is 0 Å². The van der Waals surface area contributed by atoms with E-state index in [1.54, 1.807) is 18.2 Å². The topological polar surface area (TPSA) is 65.2 Å². The van der Waals surface area contributed by atoms with Crippen molar-refractivity contribution in [3.05, 3.63) is 57.8 Å². The van der Waals surface area contributed by atoms with Gasteiger partial charge in [-0.25, -0.2) is 9.78 Å². The van der Waals surface area contributed by atoms with E-state index >= 15 is 0 Å². The second-order valence-corrected chi connectivity index (χ2v) is 4.62. The lowest BCUT2D eigenvalue weighted by Crippen LogP contribution is -2.08. The Morgan fingerprint density at radius 1 is 1.32 bits per heavy atom. The van der Waals surface area contributed by atoms with E-state index in [2.05, 4.69) is 4.98 Å². The van der Waals surface area contributed by atoms with E-state index in [9.17, 15) is 4.79 Å². The van der Waals surface area contributed by atoms with Gasteiger partial charge in [0.1, 0.15) is 11.8 Å². The number of esters is 1. The smallest absolute Gasteiger partial charge is 0.340 e. The number of halogens is 2. The summed E-state index contributed by atoms with van der Waals surface area (Å²) in [6, 6.07) is 8.42. The highest BCUT2D eigenvalue weighted by atomic mass is 35.5. The molecule has 2 aromatic rings. The molecule has 0 saturated carbocycles. The number of nitrogen functional groups attached to an aromatic ring is 1. The number of nitrogens with two attached hydrogens (primary N) is 1. The zero-order valence-electron chi connectivity index (χ0n) is 9.77. The Balaban J connectivity index is 2.07. The quantitative estimate of drug-likeness (QED) is 0.697. The molecule has 1 heterocycles. The molecule has 1 aromatic heterocycles. The minimum Gasteiger partial charge on any atom is -0.457 e. The van der Waals surface area contributed by atoms with Crippen molar-refractivity contribution >= 4 is 34.9 Å². The maximum absolute atomic E-state index is 11.9. The molecule has 0 atom stereocenters. The van der Waals surface area contributed by atoms with Crippen LogP contribution in [0.15, 0.2) is 36.5 Å². The lowest BCUT2D eigenvalue weighted by atomic mass is 10.2. The molecule has 2 N–H and O–H groups in total. The van der Waals surface area contributed by atoms with Crippen molar-refractivity contribution in [3.63, 3.8) is 0 Å². The third-order valence-electron chi connectivity index (χ3n) is 2.38. The summed E-state index contributed by atoms with van der Waals surface area (Å²) in [5.41, 5.74) is 6.85. The van der Waals surface area contributed by atoms with Crippen LogP contribution in [0.2, 0.25) is 10.2 Å². The predicted molar refractivity (Wildman–Crippen MR) is 74.2 cm³/mol. The first-order valence-electron chi connectivity index (χ1n) is 5.39. The Bertz CT molecular complexity index is 617. The maximum atomic E-state index is 11.9. The first kappa shape index (κ1) is 13.6. The molecule has 0 aliphatic carbocycles. The van der Waals surface area contributed by atoms with E-state index < -0.39 is 5.97 Å². The van der Waals surface area contributed by atoms with Crippen LogP contribution >= 0.6 is 23.2 Å². The Labute approximate surface area is 120 Å². The largest absolute Gasteiger partial charge is 0.457 e. The van der Waals surface area contributed by atoms with Crippen molar-refractivity contribution < 1.29 is 9.53 Å². The molecule has 0 aliphatic heterocycles. The molecule has 0 aliphatic rings. The average Bonchev–Trinajstić information content (AvgIpc) is 2.39. The number of hydrogen-bond acceptors (Lipinski definition) is 4. The van der Waals surface area contributed by atoms with Crippen LogP contribution in [0, 0.1) is 0 Å². The number of carbonyl (C=O) groups excluding carboxylic acids is 1. The van der Waals surface area contributed by atoms with Gasteiger partial charge in [-0.1, -0.05) is 35.3 Å². The Hall–Kier alpha value is -1.78. The summed E-state index contributed by atoms with van der Waals surface area (Å²) >= 11 is 11.5. The summed E-state index contributed by atoms with van der Waals surface area (Å²) in [4.78, 5) is 15.6. The van der Waals surface area contributed by atoms with Gasteiger partial charge in [0.2, 0.25) is 0 Å². The standard InChI is InChI=1S/C13H10Cl2N2O2/c14-9-3-1-2-8(4-9)7-19-13(18)10-5-12(15)17-6-11(10)16/h1-6H,7,16H2. The first-order valence-corrected chi connectivity index (χ1v) is 6.14. The van der Waals surface area contributed by atoms with E-state index in [0.29, 0.717) is 5.02 Å². The van der Waals surface area contributed by atoms with Gasteiger partial charge in [0, 0.05) is 5.02 Å². The molecule has 2 rings (SSSR count). The summed E-state index contributed by atoms with van der Waals surface area (Å²) in [5.74, 6) is -0.554. The molecular weight excluding hydrogens is 287 g/mol. The number of carbonyl (C=O) groups is 1. The lowest BCUT2D eigenvalue weighted by Gasteiger charge is -2.07. The molecule has 98 valence electrons. The van der Waals surface area contributed by atoms with Gasteiger partial charge in [0.25, 0.3) is 0 Å². The van der Waals surface area contributed by atoms with E-state index in [1.165, 1.54) is 12.3 Å². The summed E-state index contributed by atoms with van der Waals surface area (Å²) in [6.45, 7) is 0.110. The van der Waals surface area contributed by atoms with Gasteiger partial charge < -0.3 is 10.5 Å². The molecular formula is C13H10Cl2N2O2. The minimum absolute atomic E-state index is 0.110. The molecule has 0 unspecified atom stereocenters. The molecule has 19 heavy (non-hydrogen) atoms. The predicted octanol–water partition coefficient (Wildman–Crippen LogP) is 3.33. The monoisotopic (exact) mass is 296 g/mol.